The van der Waals surface area contributed by atoms with Crippen LogP contribution in [0.5, 0.6) is 0 Å². The van der Waals surface area contributed by atoms with E-state index in [1.807, 2.05) is 11.4 Å². The van der Waals surface area contributed by atoms with Gasteiger partial charge >= 0.3 is 0 Å². The SMILES string of the molecule is O=C(Nc1nc(-c2ccc(Cl)cc2Cl)cs1)C1CC2CCCC(C1)C2=O. The summed E-state index contributed by atoms with van der Waals surface area (Å²) in [5.41, 5.74) is 1.49. The first-order valence-electron chi connectivity index (χ1n) is 8.77. The highest BCUT2D eigenvalue weighted by Crippen LogP contribution is 2.40. The molecule has 1 amide bonds. The average molecular weight is 409 g/mol. The van der Waals surface area contributed by atoms with Crippen LogP contribution in [-0.2, 0) is 9.59 Å². The van der Waals surface area contributed by atoms with Crippen LogP contribution in [0.4, 0.5) is 5.13 Å². The third-order valence-corrected chi connectivity index (χ3v) is 6.67. The monoisotopic (exact) mass is 408 g/mol. The Balaban J connectivity index is 1.46. The van der Waals surface area contributed by atoms with Gasteiger partial charge in [-0.1, -0.05) is 29.6 Å². The summed E-state index contributed by atoms with van der Waals surface area (Å²) in [6.45, 7) is 0. The summed E-state index contributed by atoms with van der Waals surface area (Å²) in [7, 11) is 0. The van der Waals surface area contributed by atoms with Crippen molar-refractivity contribution < 1.29 is 9.59 Å². The molecule has 2 aliphatic rings. The molecule has 2 unspecified atom stereocenters. The first-order valence-corrected chi connectivity index (χ1v) is 10.4. The number of halogens is 2. The molecule has 2 aliphatic carbocycles. The van der Waals surface area contributed by atoms with Gasteiger partial charge in [-0.2, -0.15) is 0 Å². The summed E-state index contributed by atoms with van der Waals surface area (Å²) in [4.78, 5) is 29.3. The number of carbonyl (C=O) groups excluding carboxylic acids is 2. The molecule has 2 saturated carbocycles. The second-order valence-corrected chi connectivity index (χ2v) is 8.75. The number of fused-ring (bicyclic) bond motifs is 2. The molecule has 1 heterocycles. The predicted molar refractivity (Wildman–Crippen MR) is 105 cm³/mol. The number of hydrogen-bond acceptors (Lipinski definition) is 4. The van der Waals surface area contributed by atoms with Crippen molar-refractivity contribution in [1.29, 1.82) is 0 Å². The molecule has 2 fully saturated rings. The highest BCUT2D eigenvalue weighted by atomic mass is 35.5. The zero-order valence-electron chi connectivity index (χ0n) is 14.0. The molecule has 4 rings (SSSR count). The standard InChI is InChI=1S/C19H18Cl2N2O2S/c20-13-4-5-14(15(21)8-13)16-9-26-19(22-16)23-18(25)12-6-10-2-1-3-11(7-12)17(10)24/h4-5,8-12H,1-3,6-7H2,(H,22,23,25). The van der Waals surface area contributed by atoms with E-state index in [-0.39, 0.29) is 23.7 Å². The minimum atomic E-state index is -0.102. The Morgan fingerprint density at radius 2 is 1.92 bits per heavy atom. The number of anilines is 1. The summed E-state index contributed by atoms with van der Waals surface area (Å²) in [5, 5.41) is 6.44. The summed E-state index contributed by atoms with van der Waals surface area (Å²) in [5.74, 6) is 0.372. The maximum Gasteiger partial charge on any atom is 0.229 e. The smallest absolute Gasteiger partial charge is 0.229 e. The third kappa shape index (κ3) is 3.53. The van der Waals surface area contributed by atoms with E-state index in [9.17, 15) is 9.59 Å². The molecule has 136 valence electrons. The molecule has 1 aromatic carbocycles. The minimum absolute atomic E-state index is 0.0301. The van der Waals surface area contributed by atoms with Crippen molar-refractivity contribution in [1.82, 2.24) is 4.98 Å². The van der Waals surface area contributed by atoms with Gasteiger partial charge in [0.1, 0.15) is 5.78 Å². The number of benzene rings is 1. The first-order chi connectivity index (χ1) is 12.5. The normalized spacial score (nSPS) is 25.2. The van der Waals surface area contributed by atoms with Crippen molar-refractivity contribution in [3.63, 3.8) is 0 Å². The number of carbonyl (C=O) groups is 2. The Kier molecular flexibility index (Phi) is 5.04. The van der Waals surface area contributed by atoms with Crippen LogP contribution in [0.1, 0.15) is 32.1 Å². The lowest BCUT2D eigenvalue weighted by atomic mass is 9.67. The summed E-state index contributed by atoms with van der Waals surface area (Å²) in [6, 6.07) is 5.26. The Morgan fingerprint density at radius 3 is 2.62 bits per heavy atom. The van der Waals surface area contributed by atoms with Gasteiger partial charge in [-0.05, 0) is 43.9 Å². The van der Waals surface area contributed by atoms with E-state index < -0.39 is 0 Å². The van der Waals surface area contributed by atoms with Crippen LogP contribution in [-0.4, -0.2) is 16.7 Å². The number of amides is 1. The second kappa shape index (κ2) is 7.29. The fourth-order valence-electron chi connectivity index (χ4n) is 4.05. The lowest BCUT2D eigenvalue weighted by Gasteiger charge is -2.36. The van der Waals surface area contributed by atoms with Crippen LogP contribution in [0.15, 0.2) is 23.6 Å². The van der Waals surface area contributed by atoms with Crippen molar-refractivity contribution >= 4 is 51.4 Å². The molecule has 0 aliphatic heterocycles. The van der Waals surface area contributed by atoms with E-state index in [2.05, 4.69) is 10.3 Å². The van der Waals surface area contributed by atoms with Crippen LogP contribution in [0.25, 0.3) is 11.3 Å². The van der Waals surface area contributed by atoms with Crippen molar-refractivity contribution in [2.45, 2.75) is 32.1 Å². The van der Waals surface area contributed by atoms with Gasteiger partial charge in [0.15, 0.2) is 5.13 Å². The summed E-state index contributed by atoms with van der Waals surface area (Å²) < 4.78 is 0. The summed E-state index contributed by atoms with van der Waals surface area (Å²) in [6.07, 6.45) is 4.29. The van der Waals surface area contributed by atoms with Gasteiger partial charge in [0, 0.05) is 33.7 Å². The Labute approximate surface area is 165 Å². The Hall–Kier alpha value is -1.43. The van der Waals surface area contributed by atoms with Gasteiger partial charge < -0.3 is 5.32 Å². The van der Waals surface area contributed by atoms with Crippen molar-refractivity contribution in [3.05, 3.63) is 33.6 Å². The van der Waals surface area contributed by atoms with E-state index >= 15 is 0 Å². The Morgan fingerprint density at radius 1 is 1.19 bits per heavy atom. The largest absolute Gasteiger partial charge is 0.302 e. The number of rotatable bonds is 3. The maximum atomic E-state index is 12.7. The van der Waals surface area contributed by atoms with Crippen LogP contribution in [0.3, 0.4) is 0 Å². The van der Waals surface area contributed by atoms with Crippen molar-refractivity contribution in [3.8, 4) is 11.3 Å². The number of nitrogens with one attached hydrogen (secondary N) is 1. The van der Waals surface area contributed by atoms with Crippen molar-refractivity contribution in [2.24, 2.45) is 17.8 Å². The fraction of sp³-hybridized carbons (Fsp3) is 0.421. The third-order valence-electron chi connectivity index (χ3n) is 5.36. The molecule has 26 heavy (non-hydrogen) atoms. The number of nitrogens with zero attached hydrogens (tertiary/aromatic N) is 1. The van der Waals surface area contributed by atoms with Crippen LogP contribution in [0.2, 0.25) is 10.0 Å². The molecule has 0 spiro atoms. The Bertz CT molecular complexity index is 851. The van der Waals surface area contributed by atoms with Crippen LogP contribution in [0, 0.1) is 17.8 Å². The average Bonchev–Trinajstić information content (AvgIpc) is 3.02. The van der Waals surface area contributed by atoms with E-state index in [1.165, 1.54) is 11.3 Å². The molecule has 7 heteroatoms. The molecule has 2 aromatic rings. The molecular formula is C19H18Cl2N2O2S. The van der Waals surface area contributed by atoms with E-state index in [0.29, 0.717) is 39.5 Å². The van der Waals surface area contributed by atoms with Gasteiger partial charge in [-0.25, -0.2) is 4.98 Å². The quantitative estimate of drug-likeness (QED) is 0.733. The predicted octanol–water partition coefficient (Wildman–Crippen LogP) is 5.45. The molecule has 4 nitrogen and oxygen atoms in total. The van der Waals surface area contributed by atoms with E-state index in [0.717, 1.165) is 24.8 Å². The topological polar surface area (TPSA) is 59.1 Å². The van der Waals surface area contributed by atoms with Gasteiger partial charge in [0.05, 0.1) is 10.7 Å². The number of thiazole rings is 1. The molecule has 0 saturated heterocycles. The molecule has 2 bridgehead atoms. The lowest BCUT2D eigenvalue weighted by Crippen LogP contribution is -2.40. The summed E-state index contributed by atoms with van der Waals surface area (Å²) >= 11 is 13.5. The number of hydrogen-bond donors (Lipinski definition) is 1. The number of ketones is 1. The molecule has 1 aromatic heterocycles. The van der Waals surface area contributed by atoms with Crippen LogP contribution >= 0.6 is 34.5 Å². The highest BCUT2D eigenvalue weighted by Gasteiger charge is 2.41. The van der Waals surface area contributed by atoms with Gasteiger partial charge in [0.25, 0.3) is 0 Å². The zero-order valence-corrected chi connectivity index (χ0v) is 16.3. The van der Waals surface area contributed by atoms with Gasteiger partial charge in [-0.15, -0.1) is 11.3 Å². The van der Waals surface area contributed by atoms with Gasteiger partial charge in [-0.3, -0.25) is 9.59 Å². The van der Waals surface area contributed by atoms with Crippen molar-refractivity contribution in [2.75, 3.05) is 5.32 Å². The maximum absolute atomic E-state index is 12.7. The highest BCUT2D eigenvalue weighted by molar-refractivity contribution is 7.14. The second-order valence-electron chi connectivity index (χ2n) is 7.05. The number of aromatic nitrogens is 1. The number of Topliss-reactive ketones (excluding diaryl/α,β-unsaturated/α-hetero) is 1. The fourth-order valence-corrected chi connectivity index (χ4v) is 5.27. The minimum Gasteiger partial charge on any atom is -0.302 e. The molecule has 0 radical (unpaired) electrons. The first kappa shape index (κ1) is 18.0. The zero-order chi connectivity index (χ0) is 18.3. The molecule has 2 atom stereocenters. The van der Waals surface area contributed by atoms with E-state index in [4.69, 9.17) is 23.2 Å². The van der Waals surface area contributed by atoms with Crippen LogP contribution < -0.4 is 5.32 Å². The molecular weight excluding hydrogens is 391 g/mol. The lowest BCUT2D eigenvalue weighted by molar-refractivity contribution is -0.136. The molecule has 1 N–H and O–H groups in total. The van der Waals surface area contributed by atoms with Gasteiger partial charge in [0.2, 0.25) is 5.91 Å². The van der Waals surface area contributed by atoms with E-state index in [1.54, 1.807) is 12.1 Å².